The number of nitrogens with two attached hydrogens (primary N) is 1. The second kappa shape index (κ2) is 6.45. The zero-order chi connectivity index (χ0) is 13.7. The summed E-state index contributed by atoms with van der Waals surface area (Å²) in [5.74, 6) is 6.34. The number of rotatable bonds is 6. The third-order valence-electron chi connectivity index (χ3n) is 3.13. The Morgan fingerprint density at radius 1 is 1.37 bits per heavy atom. The molecule has 0 fully saturated rings. The van der Waals surface area contributed by atoms with E-state index in [0.29, 0.717) is 6.42 Å². The largest absolute Gasteiger partial charge is 0.335 e. The number of halogens is 1. The van der Waals surface area contributed by atoms with Gasteiger partial charge in [-0.2, -0.15) is 0 Å². The number of imidazole rings is 1. The Balaban J connectivity index is 2.14. The zero-order valence-electron chi connectivity index (χ0n) is 11.0. The van der Waals surface area contributed by atoms with Crippen LogP contribution in [0.15, 0.2) is 36.7 Å². The lowest BCUT2D eigenvalue weighted by Crippen LogP contribution is -2.30. The molecule has 5 heteroatoms. The van der Waals surface area contributed by atoms with Crippen molar-refractivity contribution in [3.05, 3.63) is 53.9 Å². The Bertz CT molecular complexity index is 506. The molecule has 1 atom stereocenters. The van der Waals surface area contributed by atoms with Crippen LogP contribution in [0.1, 0.15) is 30.8 Å². The molecule has 0 spiro atoms. The summed E-state index contributed by atoms with van der Waals surface area (Å²) in [6, 6.07) is 6.30. The highest BCUT2D eigenvalue weighted by Gasteiger charge is 2.13. The van der Waals surface area contributed by atoms with E-state index in [1.54, 1.807) is 18.3 Å². The zero-order valence-corrected chi connectivity index (χ0v) is 11.0. The maximum absolute atomic E-state index is 12.9. The minimum atomic E-state index is -0.244. The molecule has 0 saturated heterocycles. The average Bonchev–Trinajstić information content (AvgIpc) is 2.85. The number of aromatic nitrogens is 2. The second-order valence-electron chi connectivity index (χ2n) is 4.51. The smallest absolute Gasteiger partial charge is 0.123 e. The van der Waals surface area contributed by atoms with Crippen LogP contribution in [0.25, 0.3) is 0 Å². The first kappa shape index (κ1) is 13.7. The van der Waals surface area contributed by atoms with Crippen molar-refractivity contribution in [2.75, 3.05) is 0 Å². The number of benzene rings is 1. The third kappa shape index (κ3) is 3.39. The van der Waals surface area contributed by atoms with Gasteiger partial charge in [-0.3, -0.25) is 11.3 Å². The monoisotopic (exact) mass is 262 g/mol. The molecular weight excluding hydrogens is 243 g/mol. The number of aryl methyl sites for hydroxylation is 1. The SMILES string of the molecule is CCCn1ccnc1CC(NN)c1ccc(F)cc1. The van der Waals surface area contributed by atoms with Gasteiger partial charge in [0.2, 0.25) is 0 Å². The molecule has 102 valence electrons. The molecule has 0 radical (unpaired) electrons. The molecule has 1 aromatic carbocycles. The molecule has 0 aliphatic carbocycles. The number of nitrogens with zero attached hydrogens (tertiary/aromatic N) is 2. The number of nitrogens with one attached hydrogen (secondary N) is 1. The molecule has 1 unspecified atom stereocenters. The normalized spacial score (nSPS) is 12.6. The maximum Gasteiger partial charge on any atom is 0.123 e. The molecule has 0 aliphatic rings. The minimum Gasteiger partial charge on any atom is -0.335 e. The van der Waals surface area contributed by atoms with Crippen LogP contribution >= 0.6 is 0 Å². The van der Waals surface area contributed by atoms with E-state index in [0.717, 1.165) is 24.4 Å². The van der Waals surface area contributed by atoms with Crippen LogP contribution in [0.5, 0.6) is 0 Å². The van der Waals surface area contributed by atoms with Crippen molar-refractivity contribution in [2.45, 2.75) is 32.4 Å². The highest BCUT2D eigenvalue weighted by Crippen LogP contribution is 2.17. The lowest BCUT2D eigenvalue weighted by atomic mass is 10.0. The van der Waals surface area contributed by atoms with Gasteiger partial charge >= 0.3 is 0 Å². The molecular formula is C14H19FN4. The van der Waals surface area contributed by atoms with Crippen LogP contribution in [-0.4, -0.2) is 9.55 Å². The van der Waals surface area contributed by atoms with Gasteiger partial charge in [0, 0.05) is 25.4 Å². The number of hydrogen-bond donors (Lipinski definition) is 2. The highest BCUT2D eigenvalue weighted by molar-refractivity contribution is 5.21. The van der Waals surface area contributed by atoms with Gasteiger partial charge in [0.15, 0.2) is 0 Å². The number of hydrazine groups is 1. The van der Waals surface area contributed by atoms with Crippen molar-refractivity contribution in [1.29, 1.82) is 0 Å². The van der Waals surface area contributed by atoms with Gasteiger partial charge in [-0.15, -0.1) is 0 Å². The van der Waals surface area contributed by atoms with Gasteiger partial charge in [-0.1, -0.05) is 19.1 Å². The van der Waals surface area contributed by atoms with Gasteiger partial charge in [-0.25, -0.2) is 9.37 Å². The predicted molar refractivity (Wildman–Crippen MR) is 72.7 cm³/mol. The average molecular weight is 262 g/mol. The van der Waals surface area contributed by atoms with Crippen LogP contribution in [0.2, 0.25) is 0 Å². The van der Waals surface area contributed by atoms with E-state index in [9.17, 15) is 4.39 Å². The Morgan fingerprint density at radius 3 is 2.74 bits per heavy atom. The first-order chi connectivity index (χ1) is 9.24. The standard InChI is InChI=1S/C14H19FN4/c1-2-8-19-9-7-17-14(19)10-13(18-16)11-3-5-12(15)6-4-11/h3-7,9,13,18H,2,8,10,16H2,1H3. The summed E-state index contributed by atoms with van der Waals surface area (Å²) < 4.78 is 15.0. The van der Waals surface area contributed by atoms with Gasteiger partial charge in [0.25, 0.3) is 0 Å². The molecule has 0 amide bonds. The van der Waals surface area contributed by atoms with Gasteiger partial charge in [0.1, 0.15) is 11.6 Å². The van der Waals surface area contributed by atoms with Crippen LogP contribution in [0.4, 0.5) is 4.39 Å². The molecule has 2 aromatic rings. The fourth-order valence-corrected chi connectivity index (χ4v) is 2.13. The van der Waals surface area contributed by atoms with Crippen LogP contribution in [0.3, 0.4) is 0 Å². The minimum absolute atomic E-state index is 0.0707. The fourth-order valence-electron chi connectivity index (χ4n) is 2.13. The van der Waals surface area contributed by atoms with E-state index >= 15 is 0 Å². The predicted octanol–water partition coefficient (Wildman–Crippen LogP) is 2.18. The van der Waals surface area contributed by atoms with Gasteiger partial charge in [-0.05, 0) is 24.1 Å². The third-order valence-corrected chi connectivity index (χ3v) is 3.13. The van der Waals surface area contributed by atoms with Crippen molar-refractivity contribution in [1.82, 2.24) is 15.0 Å². The molecule has 1 heterocycles. The molecule has 2 rings (SSSR count). The summed E-state index contributed by atoms with van der Waals surface area (Å²) in [5, 5.41) is 0. The van der Waals surface area contributed by atoms with Crippen molar-refractivity contribution < 1.29 is 4.39 Å². The molecule has 4 nitrogen and oxygen atoms in total. The van der Waals surface area contributed by atoms with E-state index in [1.807, 2.05) is 6.20 Å². The van der Waals surface area contributed by atoms with Crippen molar-refractivity contribution in [3.63, 3.8) is 0 Å². The Morgan fingerprint density at radius 2 is 2.11 bits per heavy atom. The van der Waals surface area contributed by atoms with Crippen molar-refractivity contribution in [2.24, 2.45) is 5.84 Å². The lowest BCUT2D eigenvalue weighted by Gasteiger charge is -2.17. The number of hydrogen-bond acceptors (Lipinski definition) is 3. The molecule has 1 aromatic heterocycles. The molecule has 3 N–H and O–H groups in total. The van der Waals surface area contributed by atoms with Crippen molar-refractivity contribution in [3.8, 4) is 0 Å². The summed E-state index contributed by atoms with van der Waals surface area (Å²) in [4.78, 5) is 4.36. The summed E-state index contributed by atoms with van der Waals surface area (Å²) in [6.45, 7) is 3.07. The van der Waals surface area contributed by atoms with Crippen LogP contribution < -0.4 is 11.3 Å². The summed E-state index contributed by atoms with van der Waals surface area (Å²) in [7, 11) is 0. The van der Waals surface area contributed by atoms with E-state index < -0.39 is 0 Å². The fraction of sp³-hybridized carbons (Fsp3) is 0.357. The topological polar surface area (TPSA) is 55.9 Å². The summed E-state index contributed by atoms with van der Waals surface area (Å²) in [6.07, 6.45) is 5.50. The maximum atomic E-state index is 12.9. The van der Waals surface area contributed by atoms with E-state index in [-0.39, 0.29) is 11.9 Å². The van der Waals surface area contributed by atoms with E-state index in [1.165, 1.54) is 12.1 Å². The summed E-state index contributed by atoms with van der Waals surface area (Å²) in [5.41, 5.74) is 3.72. The van der Waals surface area contributed by atoms with Crippen LogP contribution in [-0.2, 0) is 13.0 Å². The van der Waals surface area contributed by atoms with Gasteiger partial charge < -0.3 is 4.57 Å². The Labute approximate surface area is 112 Å². The van der Waals surface area contributed by atoms with E-state index in [4.69, 9.17) is 5.84 Å². The van der Waals surface area contributed by atoms with Crippen molar-refractivity contribution >= 4 is 0 Å². The lowest BCUT2D eigenvalue weighted by molar-refractivity contribution is 0.515. The highest BCUT2D eigenvalue weighted by atomic mass is 19.1. The quantitative estimate of drug-likeness (QED) is 0.619. The first-order valence-corrected chi connectivity index (χ1v) is 6.46. The van der Waals surface area contributed by atoms with Crippen LogP contribution in [0, 0.1) is 5.82 Å². The molecule has 0 aliphatic heterocycles. The molecule has 0 bridgehead atoms. The van der Waals surface area contributed by atoms with Gasteiger partial charge in [0.05, 0.1) is 6.04 Å². The Hall–Kier alpha value is -1.72. The Kier molecular flexibility index (Phi) is 4.65. The second-order valence-corrected chi connectivity index (χ2v) is 4.51. The first-order valence-electron chi connectivity index (χ1n) is 6.46. The molecule has 19 heavy (non-hydrogen) atoms. The summed E-state index contributed by atoms with van der Waals surface area (Å²) >= 11 is 0. The molecule has 0 saturated carbocycles. The van der Waals surface area contributed by atoms with E-state index in [2.05, 4.69) is 21.9 Å².